The molecule has 0 bridgehead atoms. The van der Waals surface area contributed by atoms with E-state index in [0.717, 1.165) is 0 Å². The summed E-state index contributed by atoms with van der Waals surface area (Å²) >= 11 is 0. The largest absolute Gasteiger partial charge is 0.478 e. The Morgan fingerprint density at radius 3 is 2.78 bits per heavy atom. The molecular formula is C21H22N8O3. The van der Waals surface area contributed by atoms with Crippen molar-refractivity contribution in [3.63, 3.8) is 0 Å². The van der Waals surface area contributed by atoms with Crippen molar-refractivity contribution in [3.05, 3.63) is 66.0 Å². The summed E-state index contributed by atoms with van der Waals surface area (Å²) in [6.45, 7) is 3.46. The zero-order valence-electron chi connectivity index (χ0n) is 17.8. The third-order valence-electron chi connectivity index (χ3n) is 4.75. The van der Waals surface area contributed by atoms with Gasteiger partial charge in [0.15, 0.2) is 5.65 Å². The Bertz CT molecular complexity index is 1380. The van der Waals surface area contributed by atoms with E-state index in [2.05, 4.69) is 32.6 Å². The number of hydrogen-bond acceptors (Lipinski definition) is 7. The first kappa shape index (κ1) is 20.7. The van der Waals surface area contributed by atoms with Crippen molar-refractivity contribution in [2.24, 2.45) is 7.05 Å². The van der Waals surface area contributed by atoms with E-state index in [9.17, 15) is 9.59 Å². The van der Waals surface area contributed by atoms with Crippen LogP contribution < -0.4 is 26.4 Å². The molecule has 32 heavy (non-hydrogen) atoms. The first-order valence-corrected chi connectivity index (χ1v) is 9.64. The molecule has 11 heteroatoms. The van der Waals surface area contributed by atoms with E-state index in [1.807, 2.05) is 0 Å². The van der Waals surface area contributed by atoms with Gasteiger partial charge >= 0.3 is 5.69 Å². The van der Waals surface area contributed by atoms with Crippen LogP contribution in [0.5, 0.6) is 5.88 Å². The Morgan fingerprint density at radius 2 is 2.06 bits per heavy atom. The molecule has 0 saturated heterocycles. The highest BCUT2D eigenvalue weighted by atomic mass is 16.5. The van der Waals surface area contributed by atoms with Crippen molar-refractivity contribution in [2.75, 3.05) is 30.1 Å². The summed E-state index contributed by atoms with van der Waals surface area (Å²) in [5.74, 6) is 0.581. The van der Waals surface area contributed by atoms with Gasteiger partial charge in [-0.15, -0.1) is 5.10 Å². The van der Waals surface area contributed by atoms with Crippen molar-refractivity contribution < 1.29 is 9.53 Å². The third-order valence-corrected chi connectivity index (χ3v) is 4.75. The molecule has 1 amide bonds. The molecule has 3 aromatic heterocycles. The van der Waals surface area contributed by atoms with Gasteiger partial charge in [-0.2, -0.15) is 0 Å². The number of fused-ring (bicyclic) bond motifs is 1. The number of carbonyl (C=O) groups excluding carboxylic acids is 1. The highest BCUT2D eigenvalue weighted by molar-refractivity contribution is 5.99. The van der Waals surface area contributed by atoms with E-state index in [1.165, 1.54) is 22.2 Å². The van der Waals surface area contributed by atoms with E-state index >= 15 is 0 Å². The summed E-state index contributed by atoms with van der Waals surface area (Å²) < 4.78 is 9.86. The molecule has 4 aromatic rings. The lowest BCUT2D eigenvalue weighted by atomic mass is 10.2. The van der Waals surface area contributed by atoms with Crippen molar-refractivity contribution in [1.29, 1.82) is 0 Å². The van der Waals surface area contributed by atoms with Gasteiger partial charge < -0.3 is 20.7 Å². The Kier molecular flexibility index (Phi) is 5.37. The van der Waals surface area contributed by atoms with Crippen molar-refractivity contribution in [2.45, 2.75) is 0 Å². The number of carbonyl (C=O) groups is 1. The number of aryl methyl sites for hydroxylation is 1. The molecule has 4 rings (SSSR count). The van der Waals surface area contributed by atoms with Crippen molar-refractivity contribution in [3.8, 4) is 11.6 Å². The number of benzene rings is 1. The Balaban J connectivity index is 1.89. The van der Waals surface area contributed by atoms with Crippen LogP contribution in [0.4, 0.5) is 22.9 Å². The smallest absolute Gasteiger partial charge is 0.340 e. The summed E-state index contributed by atoms with van der Waals surface area (Å²) in [5.41, 5.74) is 2.34. The van der Waals surface area contributed by atoms with Crippen LogP contribution >= 0.6 is 0 Å². The van der Waals surface area contributed by atoms with Gasteiger partial charge in [0.05, 0.1) is 30.9 Å². The number of amides is 1. The van der Waals surface area contributed by atoms with E-state index in [-0.39, 0.29) is 11.6 Å². The number of hydrogen-bond donors (Lipinski definition) is 3. The maximum absolute atomic E-state index is 13.4. The average molecular weight is 434 g/mol. The van der Waals surface area contributed by atoms with Crippen LogP contribution in [0.15, 0.2) is 60.3 Å². The molecule has 3 N–H and O–H groups in total. The monoisotopic (exact) mass is 434 g/mol. The van der Waals surface area contributed by atoms with E-state index in [4.69, 9.17) is 4.74 Å². The number of rotatable bonds is 7. The molecule has 0 fully saturated rings. The zero-order chi connectivity index (χ0) is 22.8. The van der Waals surface area contributed by atoms with Gasteiger partial charge in [-0.05, 0) is 24.3 Å². The summed E-state index contributed by atoms with van der Waals surface area (Å²) in [6, 6.07) is 6.93. The van der Waals surface area contributed by atoms with E-state index in [0.29, 0.717) is 40.1 Å². The molecule has 0 spiro atoms. The Labute approximate surface area is 183 Å². The lowest BCUT2D eigenvalue weighted by Crippen LogP contribution is -2.26. The van der Waals surface area contributed by atoms with Crippen LogP contribution in [-0.2, 0) is 11.8 Å². The third kappa shape index (κ3) is 3.67. The average Bonchev–Trinajstić information content (AvgIpc) is 3.39. The van der Waals surface area contributed by atoms with E-state index in [1.54, 1.807) is 61.6 Å². The number of ether oxygens (including phenoxy) is 1. The van der Waals surface area contributed by atoms with Gasteiger partial charge in [-0.25, -0.2) is 14.2 Å². The van der Waals surface area contributed by atoms with Crippen molar-refractivity contribution in [1.82, 2.24) is 23.7 Å². The van der Waals surface area contributed by atoms with Gasteiger partial charge in [0.1, 0.15) is 11.5 Å². The lowest BCUT2D eigenvalue weighted by molar-refractivity contribution is -0.111. The summed E-state index contributed by atoms with van der Waals surface area (Å²) in [6.07, 6.45) is 6.16. The molecule has 11 nitrogen and oxygen atoms in total. The number of anilines is 4. The van der Waals surface area contributed by atoms with Gasteiger partial charge in [0, 0.05) is 26.0 Å². The SMILES string of the molecule is C=CC(=O)Nc1cccc(-n2cc(Nc3cn(C)nc3OC)c3ncc(NC)n3c2=O)c1. The minimum Gasteiger partial charge on any atom is -0.478 e. The highest BCUT2D eigenvalue weighted by Crippen LogP contribution is 2.28. The number of imidazole rings is 1. The molecule has 0 radical (unpaired) electrons. The summed E-state index contributed by atoms with van der Waals surface area (Å²) in [7, 11) is 5.02. The minimum absolute atomic E-state index is 0.335. The van der Waals surface area contributed by atoms with Crippen LogP contribution in [0.3, 0.4) is 0 Å². The molecule has 164 valence electrons. The second kappa shape index (κ2) is 8.30. The van der Waals surface area contributed by atoms with Crippen LogP contribution in [0.2, 0.25) is 0 Å². The number of nitrogens with one attached hydrogen (secondary N) is 3. The maximum atomic E-state index is 13.4. The normalized spacial score (nSPS) is 10.7. The standard InChI is InChI=1S/C21H22N8O3/c1-5-18(30)24-13-7-6-8-14(9-13)28-12-15(25-16-11-27(3)26-20(16)32-4)19-23-10-17(22-2)29(19)21(28)31/h5-12,22,25H,1H2,2-4H3,(H,24,30). The van der Waals surface area contributed by atoms with Crippen molar-refractivity contribution >= 4 is 34.4 Å². The molecule has 0 unspecified atom stereocenters. The number of aromatic nitrogens is 5. The fourth-order valence-corrected chi connectivity index (χ4v) is 3.31. The van der Waals surface area contributed by atoms with Crippen LogP contribution in [0, 0.1) is 0 Å². The summed E-state index contributed by atoms with van der Waals surface area (Å²) in [5, 5.41) is 13.2. The molecule has 0 aliphatic heterocycles. The highest BCUT2D eigenvalue weighted by Gasteiger charge is 2.17. The van der Waals surface area contributed by atoms with Crippen LogP contribution in [0.1, 0.15) is 0 Å². The second-order valence-electron chi connectivity index (χ2n) is 6.84. The Hall–Kier alpha value is -4.54. The molecule has 0 aliphatic carbocycles. The number of nitrogens with zero attached hydrogens (tertiary/aromatic N) is 5. The topological polar surface area (TPSA) is 120 Å². The lowest BCUT2D eigenvalue weighted by Gasteiger charge is -2.14. The maximum Gasteiger partial charge on any atom is 0.340 e. The minimum atomic E-state index is -0.344. The predicted molar refractivity (Wildman–Crippen MR) is 122 cm³/mol. The van der Waals surface area contributed by atoms with Crippen LogP contribution in [-0.4, -0.2) is 43.8 Å². The summed E-state index contributed by atoms with van der Waals surface area (Å²) in [4.78, 5) is 29.5. The first-order valence-electron chi connectivity index (χ1n) is 9.64. The van der Waals surface area contributed by atoms with Gasteiger partial charge in [0.2, 0.25) is 5.91 Å². The fraction of sp³-hybridized carbons (Fsp3) is 0.143. The Morgan fingerprint density at radius 1 is 1.25 bits per heavy atom. The zero-order valence-corrected chi connectivity index (χ0v) is 17.8. The molecule has 3 heterocycles. The predicted octanol–water partition coefficient (Wildman–Crippen LogP) is 2.14. The van der Waals surface area contributed by atoms with E-state index < -0.39 is 0 Å². The number of methoxy groups -OCH3 is 1. The molecule has 0 saturated carbocycles. The van der Waals surface area contributed by atoms with Gasteiger partial charge in [0.25, 0.3) is 5.88 Å². The fourth-order valence-electron chi connectivity index (χ4n) is 3.31. The van der Waals surface area contributed by atoms with Gasteiger partial charge in [-0.3, -0.25) is 14.0 Å². The molecule has 0 aliphatic rings. The quantitative estimate of drug-likeness (QED) is 0.381. The molecular weight excluding hydrogens is 412 g/mol. The van der Waals surface area contributed by atoms with Gasteiger partial charge in [-0.1, -0.05) is 12.6 Å². The molecule has 0 atom stereocenters. The first-order chi connectivity index (χ1) is 15.4. The van der Waals surface area contributed by atoms with Crippen LogP contribution in [0.25, 0.3) is 11.3 Å². The second-order valence-corrected chi connectivity index (χ2v) is 6.84. The molecule has 1 aromatic carbocycles.